The predicted octanol–water partition coefficient (Wildman–Crippen LogP) is 4.53. The van der Waals surface area contributed by atoms with Gasteiger partial charge in [-0.1, -0.05) is 30.3 Å². The second-order valence-electron chi connectivity index (χ2n) is 8.91. The van der Waals surface area contributed by atoms with Crippen molar-refractivity contribution in [3.63, 3.8) is 0 Å². The molecule has 6 rings (SSSR count). The number of urea groups is 1. The lowest BCUT2D eigenvalue weighted by molar-refractivity contribution is -0.120. The van der Waals surface area contributed by atoms with E-state index in [1.165, 1.54) is 4.90 Å². The number of esters is 1. The number of H-pyrrole nitrogens is 1. The van der Waals surface area contributed by atoms with Crippen molar-refractivity contribution < 1.29 is 24.2 Å². The van der Waals surface area contributed by atoms with Crippen LogP contribution in [0.2, 0.25) is 0 Å². The van der Waals surface area contributed by atoms with Gasteiger partial charge < -0.3 is 14.8 Å². The Bertz CT molecular complexity index is 1520. The number of hydrogen-bond donors (Lipinski definition) is 2. The standard InChI is InChI=1S/C28H23N3O5/c1-2-36-27(34)16-10-12-18(13-11-16)30-26(33)23-15-21-20-8-3-4-9-22(20)29-24(21)25(31(23)28(30)35)17-6-5-7-19(32)14-17/h3-14,23,25,29,32H,2,15H2,1H3/t23-,25-/m1/s1. The number of aromatic hydroxyl groups is 1. The highest BCUT2D eigenvalue weighted by molar-refractivity contribution is 6.22. The van der Waals surface area contributed by atoms with Crippen LogP contribution in [0.15, 0.2) is 72.8 Å². The number of nitrogens with one attached hydrogen (secondary N) is 1. The van der Waals surface area contributed by atoms with Crippen LogP contribution in [0.1, 0.15) is 40.1 Å². The highest BCUT2D eigenvalue weighted by Gasteiger charge is 2.53. The number of fused-ring (bicyclic) bond motifs is 4. The Morgan fingerprint density at radius 2 is 1.83 bits per heavy atom. The molecule has 3 aromatic carbocycles. The van der Waals surface area contributed by atoms with Crippen LogP contribution in [0.4, 0.5) is 10.5 Å². The number of benzene rings is 3. The molecule has 0 saturated carbocycles. The SMILES string of the molecule is CCOC(=O)c1ccc(N2C(=O)[C@H]3Cc4c([nH]c5ccccc45)[C@@H](c4cccc(O)c4)N3C2=O)cc1. The number of phenols is 1. The smallest absolute Gasteiger partial charge is 0.338 e. The van der Waals surface area contributed by atoms with Gasteiger partial charge in [0.15, 0.2) is 0 Å². The van der Waals surface area contributed by atoms with Gasteiger partial charge in [0.2, 0.25) is 0 Å². The summed E-state index contributed by atoms with van der Waals surface area (Å²) >= 11 is 0. The van der Waals surface area contributed by atoms with Gasteiger partial charge in [0.25, 0.3) is 5.91 Å². The highest BCUT2D eigenvalue weighted by atomic mass is 16.5. The molecule has 2 aliphatic heterocycles. The molecule has 4 aromatic rings. The lowest BCUT2D eigenvalue weighted by Gasteiger charge is -2.36. The van der Waals surface area contributed by atoms with Crippen LogP contribution in [0.25, 0.3) is 10.9 Å². The van der Waals surface area contributed by atoms with Gasteiger partial charge in [0.05, 0.1) is 17.9 Å². The fraction of sp³-hybridized carbons (Fsp3) is 0.179. The number of aromatic amines is 1. The Morgan fingerprint density at radius 3 is 2.58 bits per heavy atom. The van der Waals surface area contributed by atoms with Gasteiger partial charge in [-0.3, -0.25) is 9.69 Å². The van der Waals surface area contributed by atoms with Gasteiger partial charge in [-0.05, 0) is 60.5 Å². The number of ether oxygens (including phenoxy) is 1. The number of imide groups is 1. The number of phenolic OH excluding ortho intramolecular Hbond substituents is 1. The van der Waals surface area contributed by atoms with Crippen molar-refractivity contribution in [2.24, 2.45) is 0 Å². The molecule has 180 valence electrons. The number of aromatic nitrogens is 1. The van der Waals surface area contributed by atoms with Gasteiger partial charge >= 0.3 is 12.0 Å². The summed E-state index contributed by atoms with van der Waals surface area (Å²) in [5.74, 6) is -0.712. The summed E-state index contributed by atoms with van der Waals surface area (Å²) in [5, 5.41) is 11.2. The van der Waals surface area contributed by atoms with E-state index in [4.69, 9.17) is 4.74 Å². The van der Waals surface area contributed by atoms with Crippen molar-refractivity contribution in [2.75, 3.05) is 11.5 Å². The van der Waals surface area contributed by atoms with E-state index in [9.17, 15) is 19.5 Å². The molecule has 2 N–H and O–H groups in total. The van der Waals surface area contributed by atoms with Crippen LogP contribution in [-0.4, -0.2) is 45.5 Å². The third-order valence-corrected chi connectivity index (χ3v) is 6.87. The topological polar surface area (TPSA) is 103 Å². The normalized spacial score (nSPS) is 18.9. The average Bonchev–Trinajstić information content (AvgIpc) is 3.37. The highest BCUT2D eigenvalue weighted by Crippen LogP contribution is 2.45. The van der Waals surface area contributed by atoms with Gasteiger partial charge in [0.1, 0.15) is 17.8 Å². The number of para-hydroxylation sites is 1. The van der Waals surface area contributed by atoms with E-state index in [0.29, 0.717) is 23.2 Å². The predicted molar refractivity (Wildman–Crippen MR) is 133 cm³/mol. The summed E-state index contributed by atoms with van der Waals surface area (Å²) in [5.41, 5.74) is 4.18. The Kier molecular flexibility index (Phi) is 5.03. The zero-order valence-corrected chi connectivity index (χ0v) is 19.5. The molecule has 3 amide bonds. The summed E-state index contributed by atoms with van der Waals surface area (Å²) < 4.78 is 5.03. The van der Waals surface area contributed by atoms with E-state index in [-0.39, 0.29) is 18.3 Å². The lowest BCUT2D eigenvalue weighted by Crippen LogP contribution is -2.44. The van der Waals surface area contributed by atoms with Crippen molar-refractivity contribution in [1.82, 2.24) is 9.88 Å². The zero-order valence-electron chi connectivity index (χ0n) is 19.5. The third kappa shape index (κ3) is 3.25. The summed E-state index contributed by atoms with van der Waals surface area (Å²) in [6, 6.07) is 19.2. The minimum absolute atomic E-state index is 0.0802. The third-order valence-electron chi connectivity index (χ3n) is 6.87. The van der Waals surface area contributed by atoms with Crippen molar-refractivity contribution in [1.29, 1.82) is 0 Å². The molecular formula is C28H23N3O5. The second kappa shape index (κ2) is 8.27. The van der Waals surface area contributed by atoms with E-state index in [2.05, 4.69) is 4.98 Å². The molecule has 0 bridgehead atoms. The van der Waals surface area contributed by atoms with Crippen LogP contribution in [0.5, 0.6) is 5.75 Å². The molecule has 3 heterocycles. The Hall–Kier alpha value is -4.59. The fourth-order valence-electron chi connectivity index (χ4n) is 5.31. The number of rotatable bonds is 4. The molecule has 8 nitrogen and oxygen atoms in total. The van der Waals surface area contributed by atoms with E-state index in [0.717, 1.165) is 22.2 Å². The number of carbonyl (C=O) groups is 3. The first-order valence-electron chi connectivity index (χ1n) is 11.8. The van der Waals surface area contributed by atoms with Gasteiger partial charge in [-0.2, -0.15) is 0 Å². The summed E-state index contributed by atoms with van der Waals surface area (Å²) in [6.07, 6.45) is 0.372. The second-order valence-corrected chi connectivity index (χ2v) is 8.91. The maximum atomic E-state index is 13.8. The largest absolute Gasteiger partial charge is 0.508 e. The molecular weight excluding hydrogens is 458 g/mol. The number of amides is 3. The van der Waals surface area contributed by atoms with Crippen LogP contribution in [0.3, 0.4) is 0 Å². The summed E-state index contributed by atoms with van der Waals surface area (Å²) in [7, 11) is 0. The van der Waals surface area contributed by atoms with Crippen molar-refractivity contribution >= 4 is 34.5 Å². The van der Waals surface area contributed by atoms with Crippen LogP contribution < -0.4 is 4.90 Å². The monoisotopic (exact) mass is 481 g/mol. The van der Waals surface area contributed by atoms with Crippen LogP contribution in [-0.2, 0) is 16.0 Å². The fourth-order valence-corrected chi connectivity index (χ4v) is 5.31. The van der Waals surface area contributed by atoms with Crippen LogP contribution >= 0.6 is 0 Å². The first kappa shape index (κ1) is 21.9. The molecule has 0 aliphatic carbocycles. The maximum Gasteiger partial charge on any atom is 0.338 e. The number of carbonyl (C=O) groups excluding carboxylic acids is 3. The van der Waals surface area contributed by atoms with Gasteiger partial charge in [0, 0.05) is 23.0 Å². The Morgan fingerprint density at radius 1 is 1.06 bits per heavy atom. The molecule has 0 radical (unpaired) electrons. The molecule has 36 heavy (non-hydrogen) atoms. The maximum absolute atomic E-state index is 13.8. The summed E-state index contributed by atoms with van der Waals surface area (Å²) in [4.78, 5) is 45.8. The van der Waals surface area contributed by atoms with E-state index < -0.39 is 24.1 Å². The van der Waals surface area contributed by atoms with E-state index in [1.807, 2.05) is 30.3 Å². The zero-order chi connectivity index (χ0) is 25.0. The van der Waals surface area contributed by atoms with Crippen molar-refractivity contribution in [3.8, 4) is 5.75 Å². The molecule has 1 fully saturated rings. The van der Waals surface area contributed by atoms with Crippen molar-refractivity contribution in [3.05, 3.63) is 95.2 Å². The quantitative estimate of drug-likeness (QED) is 0.329. The molecule has 1 saturated heterocycles. The Labute approximate surface area is 206 Å². The number of anilines is 1. The summed E-state index contributed by atoms with van der Waals surface area (Å²) in [6.45, 7) is 1.98. The van der Waals surface area contributed by atoms with Gasteiger partial charge in [-0.25, -0.2) is 14.5 Å². The molecule has 0 spiro atoms. The molecule has 2 atom stereocenters. The minimum atomic E-state index is -0.707. The first-order valence-corrected chi connectivity index (χ1v) is 11.8. The number of nitrogens with zero attached hydrogens (tertiary/aromatic N) is 2. The van der Waals surface area contributed by atoms with Crippen LogP contribution in [0, 0.1) is 0 Å². The number of hydrogen-bond acceptors (Lipinski definition) is 5. The van der Waals surface area contributed by atoms with Gasteiger partial charge in [-0.15, -0.1) is 0 Å². The first-order chi connectivity index (χ1) is 17.5. The average molecular weight is 482 g/mol. The Balaban J connectivity index is 1.45. The molecule has 0 unspecified atom stereocenters. The molecule has 2 aliphatic rings. The van der Waals surface area contributed by atoms with E-state index >= 15 is 0 Å². The van der Waals surface area contributed by atoms with E-state index in [1.54, 1.807) is 54.3 Å². The lowest BCUT2D eigenvalue weighted by atomic mass is 9.89. The molecule has 1 aromatic heterocycles. The molecule has 8 heteroatoms. The minimum Gasteiger partial charge on any atom is -0.508 e. The van der Waals surface area contributed by atoms with Crippen molar-refractivity contribution in [2.45, 2.75) is 25.4 Å².